The predicted octanol–water partition coefficient (Wildman–Crippen LogP) is 3.55. The number of sulfonamides is 1. The van der Waals surface area contributed by atoms with E-state index in [1.54, 1.807) is 73.7 Å². The molecule has 0 aliphatic heterocycles. The number of hydrogen-bond donors (Lipinski definition) is 2. The summed E-state index contributed by atoms with van der Waals surface area (Å²) in [6.07, 6.45) is 1.05. The van der Waals surface area contributed by atoms with E-state index in [4.69, 9.17) is 0 Å². The molecular weight excluding hydrogens is 452 g/mol. The fraction of sp³-hybridized carbons (Fsp3) is 0.160. The standard InChI is InChI=1S/C25H26N4O4S/c1-18-8-7-11-23(16-18)29(34(3,32)33)17-24(30)28-27-19(2)20-12-14-22(15-13-20)26-25(31)21-9-5-4-6-10-21/h4-16H,17H2,1-3H3,(H,26,31)(H,28,30)/b27-19-. The molecule has 0 saturated carbocycles. The van der Waals surface area contributed by atoms with Crippen LogP contribution in [0.3, 0.4) is 0 Å². The molecule has 0 aromatic heterocycles. The van der Waals surface area contributed by atoms with Crippen molar-refractivity contribution in [2.75, 3.05) is 22.4 Å². The van der Waals surface area contributed by atoms with Crippen LogP contribution < -0.4 is 15.0 Å². The minimum Gasteiger partial charge on any atom is -0.322 e. The summed E-state index contributed by atoms with van der Waals surface area (Å²) in [4.78, 5) is 24.7. The lowest BCUT2D eigenvalue weighted by Crippen LogP contribution is -2.39. The minimum absolute atomic E-state index is 0.213. The number of nitrogens with zero attached hydrogens (tertiary/aromatic N) is 2. The van der Waals surface area contributed by atoms with Crippen molar-refractivity contribution in [1.82, 2.24) is 5.43 Å². The highest BCUT2D eigenvalue weighted by atomic mass is 32.2. The van der Waals surface area contributed by atoms with E-state index in [0.717, 1.165) is 21.7 Å². The summed E-state index contributed by atoms with van der Waals surface area (Å²) >= 11 is 0. The zero-order valence-electron chi connectivity index (χ0n) is 19.1. The van der Waals surface area contributed by atoms with Crippen molar-refractivity contribution in [3.63, 3.8) is 0 Å². The van der Waals surface area contributed by atoms with Gasteiger partial charge >= 0.3 is 0 Å². The van der Waals surface area contributed by atoms with E-state index in [2.05, 4.69) is 15.8 Å². The van der Waals surface area contributed by atoms with Gasteiger partial charge in [-0.1, -0.05) is 42.5 Å². The highest BCUT2D eigenvalue weighted by Crippen LogP contribution is 2.18. The summed E-state index contributed by atoms with van der Waals surface area (Å²) < 4.78 is 25.5. The van der Waals surface area contributed by atoms with Gasteiger partial charge in [-0.2, -0.15) is 5.10 Å². The van der Waals surface area contributed by atoms with Gasteiger partial charge in [-0.05, 0) is 61.4 Å². The fourth-order valence-corrected chi connectivity index (χ4v) is 4.00. The summed E-state index contributed by atoms with van der Waals surface area (Å²) in [6, 6.07) is 22.8. The zero-order chi connectivity index (χ0) is 24.7. The molecule has 2 amide bonds. The highest BCUT2D eigenvalue weighted by Gasteiger charge is 2.20. The third kappa shape index (κ3) is 6.76. The zero-order valence-corrected chi connectivity index (χ0v) is 20.0. The number of hydrogen-bond acceptors (Lipinski definition) is 5. The fourth-order valence-electron chi connectivity index (χ4n) is 3.15. The van der Waals surface area contributed by atoms with Crippen LogP contribution in [0.5, 0.6) is 0 Å². The molecule has 3 aromatic carbocycles. The Morgan fingerprint density at radius 1 is 0.912 bits per heavy atom. The van der Waals surface area contributed by atoms with Crippen LogP contribution in [0.4, 0.5) is 11.4 Å². The maximum absolute atomic E-state index is 12.4. The van der Waals surface area contributed by atoms with Crippen LogP contribution in [-0.4, -0.2) is 38.7 Å². The number of rotatable bonds is 8. The van der Waals surface area contributed by atoms with Gasteiger partial charge in [0.2, 0.25) is 10.0 Å². The highest BCUT2D eigenvalue weighted by molar-refractivity contribution is 7.92. The first-order valence-electron chi connectivity index (χ1n) is 10.5. The summed E-state index contributed by atoms with van der Waals surface area (Å²) in [5, 5.41) is 6.91. The van der Waals surface area contributed by atoms with E-state index < -0.39 is 22.5 Å². The van der Waals surface area contributed by atoms with Crippen LogP contribution in [0, 0.1) is 6.92 Å². The summed E-state index contributed by atoms with van der Waals surface area (Å²) in [5.41, 5.74) is 6.13. The van der Waals surface area contributed by atoms with E-state index in [1.807, 2.05) is 19.1 Å². The number of hydrazone groups is 1. The third-order valence-corrected chi connectivity index (χ3v) is 6.06. The van der Waals surface area contributed by atoms with Gasteiger partial charge in [-0.15, -0.1) is 0 Å². The van der Waals surface area contributed by atoms with Crippen molar-refractivity contribution in [3.05, 3.63) is 95.6 Å². The van der Waals surface area contributed by atoms with Crippen LogP contribution in [0.2, 0.25) is 0 Å². The lowest BCUT2D eigenvalue weighted by molar-refractivity contribution is -0.119. The van der Waals surface area contributed by atoms with E-state index >= 15 is 0 Å². The van der Waals surface area contributed by atoms with E-state index in [-0.39, 0.29) is 5.91 Å². The molecule has 176 valence electrons. The Hall–Kier alpha value is -3.98. The van der Waals surface area contributed by atoms with Gasteiger partial charge in [0.15, 0.2) is 0 Å². The molecule has 0 atom stereocenters. The Morgan fingerprint density at radius 2 is 1.59 bits per heavy atom. The summed E-state index contributed by atoms with van der Waals surface area (Å²) in [6.45, 7) is 3.16. The second-order valence-electron chi connectivity index (χ2n) is 7.74. The number of benzene rings is 3. The average molecular weight is 479 g/mol. The lowest BCUT2D eigenvalue weighted by atomic mass is 10.1. The predicted molar refractivity (Wildman–Crippen MR) is 135 cm³/mol. The largest absolute Gasteiger partial charge is 0.322 e. The molecule has 8 nitrogen and oxygen atoms in total. The lowest BCUT2D eigenvalue weighted by Gasteiger charge is -2.21. The van der Waals surface area contributed by atoms with Gasteiger partial charge in [-0.25, -0.2) is 13.8 Å². The third-order valence-electron chi connectivity index (χ3n) is 4.92. The number of anilines is 2. The van der Waals surface area contributed by atoms with Crippen LogP contribution in [0.1, 0.15) is 28.4 Å². The second kappa shape index (κ2) is 10.8. The smallest absolute Gasteiger partial charge is 0.260 e. The van der Waals surface area contributed by atoms with Crippen LogP contribution >= 0.6 is 0 Å². The molecule has 0 unspecified atom stereocenters. The van der Waals surface area contributed by atoms with Gasteiger partial charge in [-0.3, -0.25) is 13.9 Å². The van der Waals surface area contributed by atoms with Crippen molar-refractivity contribution in [2.24, 2.45) is 5.10 Å². The molecule has 0 saturated heterocycles. The van der Waals surface area contributed by atoms with Crippen molar-refractivity contribution in [1.29, 1.82) is 0 Å². The number of aryl methyl sites for hydroxylation is 1. The van der Waals surface area contributed by atoms with E-state index in [1.165, 1.54) is 0 Å². The monoisotopic (exact) mass is 478 g/mol. The Bertz CT molecular complexity index is 1300. The van der Waals surface area contributed by atoms with Crippen molar-refractivity contribution in [2.45, 2.75) is 13.8 Å². The normalized spacial score (nSPS) is 11.6. The van der Waals surface area contributed by atoms with Gasteiger partial charge in [0.25, 0.3) is 11.8 Å². The molecule has 0 aliphatic rings. The van der Waals surface area contributed by atoms with Crippen molar-refractivity contribution >= 4 is 38.9 Å². The Balaban J connectivity index is 1.63. The van der Waals surface area contributed by atoms with Gasteiger partial charge < -0.3 is 5.32 Å². The minimum atomic E-state index is -3.67. The molecule has 9 heteroatoms. The average Bonchev–Trinajstić information content (AvgIpc) is 2.81. The molecule has 3 rings (SSSR count). The van der Waals surface area contributed by atoms with E-state index in [9.17, 15) is 18.0 Å². The molecule has 3 aromatic rings. The maximum Gasteiger partial charge on any atom is 0.260 e. The van der Waals surface area contributed by atoms with Crippen LogP contribution in [0.15, 0.2) is 84.0 Å². The summed E-state index contributed by atoms with van der Waals surface area (Å²) in [7, 11) is -3.67. The molecule has 0 fully saturated rings. The van der Waals surface area contributed by atoms with Crippen LogP contribution in [0.25, 0.3) is 0 Å². The number of carbonyl (C=O) groups is 2. The molecule has 0 aliphatic carbocycles. The van der Waals surface area contributed by atoms with Crippen LogP contribution in [-0.2, 0) is 14.8 Å². The molecular formula is C25H26N4O4S. The van der Waals surface area contributed by atoms with Gasteiger partial charge in [0.05, 0.1) is 17.7 Å². The molecule has 0 heterocycles. The Kier molecular flexibility index (Phi) is 7.80. The second-order valence-corrected chi connectivity index (χ2v) is 9.65. The Morgan fingerprint density at radius 3 is 2.21 bits per heavy atom. The van der Waals surface area contributed by atoms with Gasteiger partial charge in [0.1, 0.15) is 6.54 Å². The van der Waals surface area contributed by atoms with Crippen molar-refractivity contribution in [3.8, 4) is 0 Å². The number of carbonyl (C=O) groups excluding carboxylic acids is 2. The summed E-state index contributed by atoms with van der Waals surface area (Å²) in [5.74, 6) is -0.784. The molecule has 0 spiro atoms. The Labute approximate surface area is 199 Å². The van der Waals surface area contributed by atoms with Gasteiger partial charge in [0, 0.05) is 11.3 Å². The topological polar surface area (TPSA) is 108 Å². The molecule has 0 radical (unpaired) electrons. The SMILES string of the molecule is C/C(=N/NC(=O)CN(c1cccc(C)c1)S(C)(=O)=O)c1ccc(NC(=O)c2ccccc2)cc1. The number of nitrogens with one attached hydrogen (secondary N) is 2. The van der Waals surface area contributed by atoms with Crippen molar-refractivity contribution < 1.29 is 18.0 Å². The maximum atomic E-state index is 12.4. The van der Waals surface area contributed by atoms with E-state index in [0.29, 0.717) is 22.6 Å². The quantitative estimate of drug-likeness (QED) is 0.381. The first-order chi connectivity index (χ1) is 16.1. The molecule has 2 N–H and O–H groups in total. The first-order valence-corrected chi connectivity index (χ1v) is 12.3. The molecule has 34 heavy (non-hydrogen) atoms. The number of amides is 2. The molecule has 0 bridgehead atoms. The first kappa shape index (κ1) is 24.7.